The minimum absolute atomic E-state index is 0.689. The molecule has 1 fully saturated rings. The zero-order chi connectivity index (χ0) is 9.03. The van der Waals surface area contributed by atoms with E-state index >= 15 is 0 Å². The molecule has 12 heavy (non-hydrogen) atoms. The van der Waals surface area contributed by atoms with Crippen LogP contribution in [0.3, 0.4) is 0 Å². The second-order valence-corrected chi connectivity index (χ2v) is 4.74. The summed E-state index contributed by atoms with van der Waals surface area (Å²) >= 11 is 0. The smallest absolute Gasteiger partial charge is 0.0300 e. The van der Waals surface area contributed by atoms with Gasteiger partial charge in [0.25, 0.3) is 0 Å². The molecule has 0 aromatic rings. The van der Waals surface area contributed by atoms with Crippen LogP contribution in [0.4, 0.5) is 0 Å². The van der Waals surface area contributed by atoms with Crippen molar-refractivity contribution in [3.63, 3.8) is 0 Å². The van der Waals surface area contributed by atoms with Gasteiger partial charge < -0.3 is 0 Å². The average Bonchev–Trinajstić information content (AvgIpc) is 1.98. The second-order valence-electron chi connectivity index (χ2n) is 4.74. The average molecular weight is 168 g/mol. The first-order valence-electron chi connectivity index (χ1n) is 5.73. The standard InChI is InChI=1S/C12H24/c1-4-6-10-12(3,5-2)11-8-7-9-11/h11H,4-10H2,1-3H3. The lowest BCUT2D eigenvalue weighted by Crippen LogP contribution is -2.31. The number of unbranched alkanes of at least 4 members (excludes halogenated alkanes) is 1. The Hall–Kier alpha value is 0. The molecule has 1 aliphatic carbocycles. The highest BCUT2D eigenvalue weighted by molar-refractivity contribution is 4.86. The normalized spacial score (nSPS) is 23.2. The van der Waals surface area contributed by atoms with E-state index in [2.05, 4.69) is 20.8 Å². The summed E-state index contributed by atoms with van der Waals surface area (Å²) in [4.78, 5) is 0. The van der Waals surface area contributed by atoms with Crippen LogP contribution in [0.2, 0.25) is 0 Å². The molecule has 0 aliphatic heterocycles. The van der Waals surface area contributed by atoms with E-state index in [-0.39, 0.29) is 0 Å². The molecule has 0 saturated heterocycles. The Balaban J connectivity index is 2.37. The lowest BCUT2D eigenvalue weighted by Gasteiger charge is -2.43. The van der Waals surface area contributed by atoms with Gasteiger partial charge in [0, 0.05) is 0 Å². The quantitative estimate of drug-likeness (QED) is 0.571. The minimum atomic E-state index is 0.689. The molecule has 0 aromatic heterocycles. The first-order valence-corrected chi connectivity index (χ1v) is 5.73. The molecule has 0 heteroatoms. The highest BCUT2D eigenvalue weighted by atomic mass is 14.4. The zero-order valence-corrected chi connectivity index (χ0v) is 9.03. The van der Waals surface area contributed by atoms with Crippen LogP contribution in [-0.2, 0) is 0 Å². The molecule has 0 aromatic carbocycles. The number of hydrogen-bond donors (Lipinski definition) is 0. The van der Waals surface area contributed by atoms with Gasteiger partial charge in [-0.3, -0.25) is 0 Å². The van der Waals surface area contributed by atoms with Gasteiger partial charge in [-0.05, 0) is 30.6 Å². The maximum absolute atomic E-state index is 2.51. The number of rotatable bonds is 5. The molecule has 0 N–H and O–H groups in total. The monoisotopic (exact) mass is 168 g/mol. The van der Waals surface area contributed by atoms with Crippen molar-refractivity contribution >= 4 is 0 Å². The van der Waals surface area contributed by atoms with Gasteiger partial charge in [-0.2, -0.15) is 0 Å². The third-order valence-corrected chi connectivity index (χ3v) is 4.00. The largest absolute Gasteiger partial charge is 0.0654 e. The number of hydrogen-bond acceptors (Lipinski definition) is 0. The zero-order valence-electron chi connectivity index (χ0n) is 9.03. The Bertz CT molecular complexity index is 124. The van der Waals surface area contributed by atoms with E-state index in [1.54, 1.807) is 0 Å². The van der Waals surface area contributed by atoms with Crippen molar-refractivity contribution in [2.24, 2.45) is 11.3 Å². The molecule has 0 heterocycles. The Labute approximate surface area is 77.7 Å². The molecule has 72 valence electrons. The predicted octanol–water partition coefficient (Wildman–Crippen LogP) is 4.39. The lowest BCUT2D eigenvalue weighted by molar-refractivity contribution is 0.0841. The topological polar surface area (TPSA) is 0 Å². The van der Waals surface area contributed by atoms with Crippen molar-refractivity contribution in [3.8, 4) is 0 Å². The molecule has 1 saturated carbocycles. The van der Waals surface area contributed by atoms with E-state index in [1.165, 1.54) is 44.9 Å². The molecular formula is C12H24. The van der Waals surface area contributed by atoms with Gasteiger partial charge in [-0.15, -0.1) is 0 Å². The summed E-state index contributed by atoms with van der Waals surface area (Å²) in [6.45, 7) is 7.18. The molecule has 0 bridgehead atoms. The van der Waals surface area contributed by atoms with Crippen LogP contribution in [0.15, 0.2) is 0 Å². The molecule has 0 spiro atoms. The fraction of sp³-hybridized carbons (Fsp3) is 1.00. The lowest BCUT2D eigenvalue weighted by atomic mass is 9.63. The highest BCUT2D eigenvalue weighted by Gasteiger charge is 2.35. The SMILES string of the molecule is CCCCC(C)(CC)C1CCC1. The first-order chi connectivity index (χ1) is 5.73. The Morgan fingerprint density at radius 1 is 1.25 bits per heavy atom. The first kappa shape index (κ1) is 10.1. The molecule has 0 radical (unpaired) electrons. The van der Waals surface area contributed by atoms with E-state index in [4.69, 9.17) is 0 Å². The van der Waals surface area contributed by atoms with Crippen molar-refractivity contribution in [2.75, 3.05) is 0 Å². The van der Waals surface area contributed by atoms with E-state index < -0.39 is 0 Å². The molecule has 1 atom stereocenters. The van der Waals surface area contributed by atoms with Crippen LogP contribution < -0.4 is 0 Å². The molecule has 1 rings (SSSR count). The fourth-order valence-electron chi connectivity index (χ4n) is 2.36. The molecule has 1 aliphatic rings. The maximum Gasteiger partial charge on any atom is -0.0300 e. The maximum atomic E-state index is 2.51. The van der Waals surface area contributed by atoms with Crippen LogP contribution in [0.5, 0.6) is 0 Å². The summed E-state index contributed by atoms with van der Waals surface area (Å²) < 4.78 is 0. The third-order valence-electron chi connectivity index (χ3n) is 4.00. The van der Waals surface area contributed by atoms with Gasteiger partial charge in [0.15, 0.2) is 0 Å². The summed E-state index contributed by atoms with van der Waals surface area (Å²) in [5, 5.41) is 0. The predicted molar refractivity (Wildman–Crippen MR) is 55.3 cm³/mol. The van der Waals surface area contributed by atoms with Gasteiger partial charge >= 0.3 is 0 Å². The molecule has 0 amide bonds. The van der Waals surface area contributed by atoms with E-state index in [0.29, 0.717) is 5.41 Å². The summed E-state index contributed by atoms with van der Waals surface area (Å²) in [6, 6.07) is 0. The van der Waals surface area contributed by atoms with E-state index in [9.17, 15) is 0 Å². The van der Waals surface area contributed by atoms with Gasteiger partial charge in [-0.1, -0.05) is 46.5 Å². The minimum Gasteiger partial charge on any atom is -0.0654 e. The van der Waals surface area contributed by atoms with Crippen molar-refractivity contribution in [2.45, 2.75) is 65.7 Å². The van der Waals surface area contributed by atoms with Crippen LogP contribution in [0.25, 0.3) is 0 Å². The van der Waals surface area contributed by atoms with E-state index in [0.717, 1.165) is 5.92 Å². The summed E-state index contributed by atoms with van der Waals surface area (Å²) in [6.07, 6.45) is 10.2. The van der Waals surface area contributed by atoms with Gasteiger partial charge in [0.1, 0.15) is 0 Å². The Kier molecular flexibility index (Phi) is 3.61. The van der Waals surface area contributed by atoms with Crippen molar-refractivity contribution in [1.82, 2.24) is 0 Å². The fourth-order valence-corrected chi connectivity index (χ4v) is 2.36. The highest BCUT2D eigenvalue weighted by Crippen LogP contribution is 2.46. The third kappa shape index (κ3) is 2.02. The second kappa shape index (κ2) is 4.30. The van der Waals surface area contributed by atoms with Gasteiger partial charge in [-0.25, -0.2) is 0 Å². The van der Waals surface area contributed by atoms with Crippen LogP contribution in [0, 0.1) is 11.3 Å². The molecule has 0 nitrogen and oxygen atoms in total. The summed E-state index contributed by atoms with van der Waals surface area (Å²) in [7, 11) is 0. The van der Waals surface area contributed by atoms with Gasteiger partial charge in [0.2, 0.25) is 0 Å². The van der Waals surface area contributed by atoms with Crippen molar-refractivity contribution < 1.29 is 0 Å². The van der Waals surface area contributed by atoms with Crippen molar-refractivity contribution in [3.05, 3.63) is 0 Å². The van der Waals surface area contributed by atoms with E-state index in [1.807, 2.05) is 0 Å². The van der Waals surface area contributed by atoms with Gasteiger partial charge in [0.05, 0.1) is 0 Å². The van der Waals surface area contributed by atoms with Crippen LogP contribution in [0.1, 0.15) is 65.7 Å². The van der Waals surface area contributed by atoms with Crippen LogP contribution >= 0.6 is 0 Å². The molecular weight excluding hydrogens is 144 g/mol. The summed E-state index contributed by atoms with van der Waals surface area (Å²) in [5.74, 6) is 1.06. The summed E-state index contributed by atoms with van der Waals surface area (Å²) in [5.41, 5.74) is 0.689. The molecule has 1 unspecified atom stereocenters. The van der Waals surface area contributed by atoms with Crippen LogP contribution in [-0.4, -0.2) is 0 Å². The Morgan fingerprint density at radius 3 is 2.25 bits per heavy atom. The van der Waals surface area contributed by atoms with Crippen molar-refractivity contribution in [1.29, 1.82) is 0 Å². The Morgan fingerprint density at radius 2 is 1.92 bits per heavy atom.